The molecule has 3 N–H and O–H groups in total. The number of fused-ring (bicyclic) bond motifs is 2. The second-order valence-electron chi connectivity index (χ2n) is 4.78. The molecule has 1 aliphatic heterocycles. The van der Waals surface area contributed by atoms with Gasteiger partial charge in [-0.25, -0.2) is 4.42 Å². The number of anilines is 6. The number of rotatable bonds is 1. The largest absolute Gasteiger partial charge is 0.399 e. The van der Waals surface area contributed by atoms with E-state index in [1.54, 1.807) is 4.42 Å². The topological polar surface area (TPSA) is 44.5 Å². The molecule has 0 bridgehead atoms. The van der Waals surface area contributed by atoms with Gasteiger partial charge in [-0.15, -0.1) is 0 Å². The Balaban J connectivity index is 2.11. The van der Waals surface area contributed by atoms with Crippen LogP contribution in [0.5, 0.6) is 0 Å². The van der Waals surface area contributed by atoms with E-state index in [0.29, 0.717) is 5.69 Å². The van der Waals surface area contributed by atoms with Crippen LogP contribution in [0.2, 0.25) is 0 Å². The van der Waals surface area contributed by atoms with Crippen LogP contribution in [0.4, 0.5) is 34.1 Å². The Labute approximate surface area is 117 Å². The van der Waals surface area contributed by atoms with Crippen LogP contribution in [0.15, 0.2) is 36.4 Å². The molecule has 98 valence electrons. The van der Waals surface area contributed by atoms with Crippen molar-refractivity contribution in [2.24, 2.45) is 0 Å². The minimum Gasteiger partial charge on any atom is -0.399 e. The van der Waals surface area contributed by atoms with E-state index >= 15 is 0 Å². The molecule has 0 aromatic heterocycles. The lowest BCUT2D eigenvalue weighted by Crippen LogP contribution is -2.15. The number of nitrogens with two attached hydrogens (primary N) is 1. The molecule has 19 heavy (non-hydrogen) atoms. The second kappa shape index (κ2) is 4.24. The van der Waals surface area contributed by atoms with E-state index in [2.05, 4.69) is 11.4 Å². The van der Waals surface area contributed by atoms with Gasteiger partial charge < -0.3 is 16.0 Å². The van der Waals surface area contributed by atoms with Gasteiger partial charge in [0.15, 0.2) is 0 Å². The summed E-state index contributed by atoms with van der Waals surface area (Å²) in [6.07, 6.45) is 0. The lowest BCUT2D eigenvalue weighted by molar-refractivity contribution is 1.13. The van der Waals surface area contributed by atoms with E-state index in [9.17, 15) is 0 Å². The summed E-state index contributed by atoms with van der Waals surface area (Å²) >= 11 is 6.45. The Morgan fingerprint density at radius 1 is 1.05 bits per heavy atom. The Bertz CT molecular complexity index is 639. The number of halogens is 1. The van der Waals surface area contributed by atoms with Crippen LogP contribution >= 0.6 is 11.8 Å². The second-order valence-corrected chi connectivity index (χ2v) is 5.12. The highest BCUT2D eigenvalue weighted by Crippen LogP contribution is 2.46. The van der Waals surface area contributed by atoms with E-state index in [1.165, 1.54) is 0 Å². The quantitative estimate of drug-likeness (QED) is 0.615. The molecule has 2 aromatic rings. The number of hydrogen-bond acceptors (Lipinski definition) is 4. The van der Waals surface area contributed by atoms with Gasteiger partial charge in [0.25, 0.3) is 0 Å². The normalized spacial score (nSPS) is 12.5. The number of nitrogens with one attached hydrogen (secondary N) is 1. The summed E-state index contributed by atoms with van der Waals surface area (Å²) in [7, 11) is 4.00. The summed E-state index contributed by atoms with van der Waals surface area (Å²) in [5, 5.41) is 3.36. The zero-order valence-corrected chi connectivity index (χ0v) is 11.6. The Hall–Kier alpha value is -2.07. The van der Waals surface area contributed by atoms with Crippen molar-refractivity contribution in [2.75, 3.05) is 34.5 Å². The molecule has 0 saturated heterocycles. The Kier molecular flexibility index (Phi) is 2.68. The van der Waals surface area contributed by atoms with Gasteiger partial charge in [0.05, 0.1) is 22.7 Å². The summed E-state index contributed by atoms with van der Waals surface area (Å²) < 4.78 is 1.64. The first-order chi connectivity index (χ1) is 9.06. The molecule has 0 unspecified atom stereocenters. The average Bonchev–Trinajstić information content (AvgIpc) is 2.39. The highest BCUT2D eigenvalue weighted by atomic mass is 35.5. The maximum atomic E-state index is 6.45. The molecule has 0 spiro atoms. The lowest BCUT2D eigenvalue weighted by Gasteiger charge is -2.29. The molecule has 0 fully saturated rings. The van der Waals surface area contributed by atoms with Gasteiger partial charge in [-0.1, -0.05) is 0 Å². The highest BCUT2D eigenvalue weighted by molar-refractivity contribution is 6.32. The summed E-state index contributed by atoms with van der Waals surface area (Å²) in [4.78, 5) is 2.04. The maximum absolute atomic E-state index is 6.45. The predicted molar refractivity (Wildman–Crippen MR) is 82.9 cm³/mol. The van der Waals surface area contributed by atoms with Crippen LogP contribution in [-0.2, 0) is 0 Å². The summed E-state index contributed by atoms with van der Waals surface area (Å²) in [5.74, 6) is 0. The third-order valence-electron chi connectivity index (χ3n) is 3.21. The number of benzene rings is 2. The number of nitrogen functional groups attached to an aromatic ring is 1. The van der Waals surface area contributed by atoms with Crippen LogP contribution in [0.25, 0.3) is 0 Å². The van der Waals surface area contributed by atoms with E-state index in [-0.39, 0.29) is 0 Å². The van der Waals surface area contributed by atoms with Crippen molar-refractivity contribution in [3.05, 3.63) is 36.4 Å². The fraction of sp³-hybridized carbons (Fsp3) is 0.143. The van der Waals surface area contributed by atoms with Crippen molar-refractivity contribution in [3.8, 4) is 0 Å². The SMILES string of the molecule is CN(C)c1ccc2c(c1)N(Cl)c1cc(N)ccc1N2. The molecule has 0 radical (unpaired) electrons. The first-order valence-electron chi connectivity index (χ1n) is 6.00. The summed E-state index contributed by atoms with van der Waals surface area (Å²) in [6, 6.07) is 11.8. The van der Waals surface area contributed by atoms with E-state index < -0.39 is 0 Å². The predicted octanol–water partition coefficient (Wildman–Crippen LogP) is 3.68. The van der Waals surface area contributed by atoms with Crippen molar-refractivity contribution in [1.82, 2.24) is 0 Å². The van der Waals surface area contributed by atoms with Crippen LogP contribution in [0.3, 0.4) is 0 Å². The summed E-state index contributed by atoms with van der Waals surface area (Å²) in [5.41, 5.74) is 11.3. The Morgan fingerprint density at radius 2 is 1.68 bits per heavy atom. The fourth-order valence-corrected chi connectivity index (χ4v) is 2.44. The maximum Gasteiger partial charge on any atom is 0.0837 e. The lowest BCUT2D eigenvalue weighted by atomic mass is 10.1. The van der Waals surface area contributed by atoms with Crippen LogP contribution in [0, 0.1) is 0 Å². The van der Waals surface area contributed by atoms with Crippen LogP contribution in [0.1, 0.15) is 0 Å². The van der Waals surface area contributed by atoms with Gasteiger partial charge in [0.1, 0.15) is 0 Å². The molecule has 0 aliphatic carbocycles. The smallest absolute Gasteiger partial charge is 0.0837 e. The molecule has 0 atom stereocenters. The zero-order chi connectivity index (χ0) is 13.6. The Morgan fingerprint density at radius 3 is 2.37 bits per heavy atom. The molecule has 2 aromatic carbocycles. The van der Waals surface area contributed by atoms with Crippen LogP contribution in [-0.4, -0.2) is 14.1 Å². The fourth-order valence-electron chi connectivity index (χ4n) is 2.16. The minimum absolute atomic E-state index is 0.693. The third-order valence-corrected chi connectivity index (χ3v) is 3.58. The van der Waals surface area contributed by atoms with E-state index in [1.807, 2.05) is 49.3 Å². The molecule has 1 heterocycles. The monoisotopic (exact) mass is 274 g/mol. The van der Waals surface area contributed by atoms with Crippen LogP contribution < -0.4 is 20.4 Å². The van der Waals surface area contributed by atoms with Crippen molar-refractivity contribution in [2.45, 2.75) is 0 Å². The molecule has 5 heteroatoms. The minimum atomic E-state index is 0.693. The number of nitrogens with zero attached hydrogens (tertiary/aromatic N) is 2. The summed E-state index contributed by atoms with van der Waals surface area (Å²) in [6.45, 7) is 0. The number of hydrogen-bond donors (Lipinski definition) is 2. The van der Waals surface area contributed by atoms with Gasteiger partial charge in [-0.05, 0) is 36.4 Å². The van der Waals surface area contributed by atoms with Gasteiger partial charge in [-0.2, -0.15) is 0 Å². The first-order valence-corrected chi connectivity index (χ1v) is 6.34. The molecule has 0 amide bonds. The third kappa shape index (κ3) is 1.94. The average molecular weight is 275 g/mol. The van der Waals surface area contributed by atoms with Gasteiger partial charge >= 0.3 is 0 Å². The molecule has 1 aliphatic rings. The molecule has 0 saturated carbocycles. The van der Waals surface area contributed by atoms with E-state index in [4.69, 9.17) is 17.5 Å². The highest BCUT2D eigenvalue weighted by Gasteiger charge is 2.22. The van der Waals surface area contributed by atoms with Crippen molar-refractivity contribution < 1.29 is 0 Å². The zero-order valence-electron chi connectivity index (χ0n) is 10.8. The molecular formula is C14H15ClN4. The van der Waals surface area contributed by atoms with Crippen molar-refractivity contribution >= 4 is 45.9 Å². The van der Waals surface area contributed by atoms with E-state index in [0.717, 1.165) is 28.4 Å². The molecule has 3 rings (SSSR count). The van der Waals surface area contributed by atoms with Gasteiger partial charge in [0.2, 0.25) is 0 Å². The molecular weight excluding hydrogens is 260 g/mol. The van der Waals surface area contributed by atoms with Gasteiger partial charge in [0, 0.05) is 37.2 Å². The standard InChI is InChI=1S/C14H15ClN4/c1-18(2)10-4-6-12-14(8-10)19(15)13-7-9(16)3-5-11(13)17-12/h3-8,17H,16H2,1-2H3. The van der Waals surface area contributed by atoms with Crippen molar-refractivity contribution in [1.29, 1.82) is 0 Å². The van der Waals surface area contributed by atoms with Gasteiger partial charge in [-0.3, -0.25) is 0 Å². The molecule has 4 nitrogen and oxygen atoms in total. The first kappa shape index (κ1) is 12.0. The van der Waals surface area contributed by atoms with Crippen molar-refractivity contribution in [3.63, 3.8) is 0 Å².